The van der Waals surface area contributed by atoms with Crippen LogP contribution < -0.4 is 4.74 Å². The fourth-order valence-corrected chi connectivity index (χ4v) is 2.41. The molecule has 0 fully saturated rings. The molecule has 0 saturated carbocycles. The minimum absolute atomic E-state index is 0.261. The van der Waals surface area contributed by atoms with E-state index in [0.717, 1.165) is 17.6 Å². The van der Waals surface area contributed by atoms with Crippen molar-refractivity contribution in [2.24, 2.45) is 0 Å². The lowest BCUT2D eigenvalue weighted by Gasteiger charge is -2.18. The summed E-state index contributed by atoms with van der Waals surface area (Å²) < 4.78 is 25.0. The van der Waals surface area contributed by atoms with Crippen LogP contribution in [0.1, 0.15) is 18.9 Å². The zero-order valence-corrected chi connectivity index (χ0v) is 11.2. The van der Waals surface area contributed by atoms with E-state index in [9.17, 15) is 4.39 Å². The van der Waals surface area contributed by atoms with Crippen molar-refractivity contribution < 1.29 is 13.9 Å². The minimum Gasteiger partial charge on any atom is -0.492 e. The summed E-state index contributed by atoms with van der Waals surface area (Å²) in [6.07, 6.45) is 2.77. The highest BCUT2D eigenvalue weighted by molar-refractivity contribution is 9.10. The lowest BCUT2D eigenvalue weighted by atomic mass is 10.0. The molecular weight excluding hydrogens is 287 g/mol. The Morgan fingerprint density at radius 1 is 1.47 bits per heavy atom. The van der Waals surface area contributed by atoms with Gasteiger partial charge in [-0.15, -0.1) is 0 Å². The maximum absolute atomic E-state index is 13.5. The molecule has 92 valence electrons. The highest BCUT2D eigenvalue weighted by Crippen LogP contribution is 2.36. The molecule has 0 atom stereocenters. The molecule has 1 aromatic carbocycles. The van der Waals surface area contributed by atoms with E-state index < -0.39 is 0 Å². The van der Waals surface area contributed by atoms with Crippen LogP contribution in [-0.2, 0) is 4.74 Å². The van der Waals surface area contributed by atoms with E-state index in [2.05, 4.69) is 15.9 Å². The topological polar surface area (TPSA) is 18.5 Å². The number of hydrogen-bond donors (Lipinski definition) is 0. The van der Waals surface area contributed by atoms with Crippen LogP contribution in [0.25, 0.3) is 5.57 Å². The van der Waals surface area contributed by atoms with E-state index in [1.54, 1.807) is 0 Å². The molecule has 1 aliphatic heterocycles. The van der Waals surface area contributed by atoms with E-state index >= 15 is 0 Å². The number of halogens is 2. The second kappa shape index (κ2) is 5.65. The van der Waals surface area contributed by atoms with E-state index in [4.69, 9.17) is 9.47 Å². The van der Waals surface area contributed by atoms with E-state index in [1.165, 1.54) is 12.1 Å². The molecule has 0 bridgehead atoms. The van der Waals surface area contributed by atoms with Crippen molar-refractivity contribution in [3.63, 3.8) is 0 Å². The molecule has 0 aliphatic carbocycles. The van der Waals surface area contributed by atoms with E-state index in [0.29, 0.717) is 30.0 Å². The molecule has 1 aromatic rings. The molecule has 2 rings (SSSR count). The van der Waals surface area contributed by atoms with Crippen LogP contribution in [0.15, 0.2) is 22.7 Å². The van der Waals surface area contributed by atoms with Crippen molar-refractivity contribution in [3.05, 3.63) is 34.1 Å². The second-order valence-corrected chi connectivity index (χ2v) is 4.61. The second-order valence-electron chi connectivity index (χ2n) is 3.75. The molecule has 0 N–H and O–H groups in total. The zero-order valence-electron chi connectivity index (χ0n) is 9.63. The van der Waals surface area contributed by atoms with Crippen LogP contribution in [0, 0.1) is 5.82 Å². The van der Waals surface area contributed by atoms with E-state index in [1.807, 2.05) is 13.0 Å². The smallest absolute Gasteiger partial charge is 0.141 e. The largest absolute Gasteiger partial charge is 0.492 e. The third-order valence-electron chi connectivity index (χ3n) is 2.61. The Bertz CT molecular complexity index is 443. The SMILES string of the molecule is CCOc1c(Br)cc(F)cc1C1=CCOCC1. The first kappa shape index (κ1) is 12.6. The molecule has 0 unspecified atom stereocenters. The maximum atomic E-state index is 13.5. The summed E-state index contributed by atoms with van der Waals surface area (Å²) in [5, 5.41) is 0. The summed E-state index contributed by atoms with van der Waals surface area (Å²) in [5.41, 5.74) is 1.90. The first-order valence-electron chi connectivity index (χ1n) is 5.61. The Morgan fingerprint density at radius 3 is 2.94 bits per heavy atom. The fourth-order valence-electron chi connectivity index (χ4n) is 1.86. The normalized spacial score (nSPS) is 15.6. The Morgan fingerprint density at radius 2 is 2.29 bits per heavy atom. The van der Waals surface area contributed by atoms with Gasteiger partial charge in [-0.2, -0.15) is 0 Å². The van der Waals surface area contributed by atoms with Crippen molar-refractivity contribution in [1.82, 2.24) is 0 Å². The van der Waals surface area contributed by atoms with Gasteiger partial charge in [0.2, 0.25) is 0 Å². The van der Waals surface area contributed by atoms with Crippen LogP contribution in [0.4, 0.5) is 4.39 Å². The Balaban J connectivity index is 2.46. The third-order valence-corrected chi connectivity index (χ3v) is 3.20. The van der Waals surface area contributed by atoms with Crippen molar-refractivity contribution >= 4 is 21.5 Å². The van der Waals surface area contributed by atoms with Gasteiger partial charge < -0.3 is 9.47 Å². The predicted octanol–water partition coefficient (Wildman–Crippen LogP) is 3.79. The molecule has 1 aliphatic rings. The zero-order chi connectivity index (χ0) is 12.3. The van der Waals surface area contributed by atoms with Gasteiger partial charge in [0.05, 0.1) is 24.3 Å². The summed E-state index contributed by atoms with van der Waals surface area (Å²) in [5.74, 6) is 0.449. The minimum atomic E-state index is -0.261. The lowest BCUT2D eigenvalue weighted by molar-refractivity contribution is 0.161. The van der Waals surface area contributed by atoms with Crippen LogP contribution in [0.5, 0.6) is 5.75 Å². The monoisotopic (exact) mass is 300 g/mol. The Labute approximate surface area is 109 Å². The molecule has 1 heterocycles. The maximum Gasteiger partial charge on any atom is 0.141 e. The van der Waals surface area contributed by atoms with Gasteiger partial charge in [-0.25, -0.2) is 4.39 Å². The lowest BCUT2D eigenvalue weighted by Crippen LogP contribution is -2.06. The predicted molar refractivity (Wildman–Crippen MR) is 68.7 cm³/mol. The summed E-state index contributed by atoms with van der Waals surface area (Å²) in [6, 6.07) is 2.95. The molecule has 17 heavy (non-hydrogen) atoms. The van der Waals surface area contributed by atoms with Crippen molar-refractivity contribution in [1.29, 1.82) is 0 Å². The van der Waals surface area contributed by atoms with Gasteiger partial charge >= 0.3 is 0 Å². The summed E-state index contributed by atoms with van der Waals surface area (Å²) >= 11 is 3.34. The van der Waals surface area contributed by atoms with Crippen molar-refractivity contribution in [2.75, 3.05) is 19.8 Å². The van der Waals surface area contributed by atoms with Gasteiger partial charge in [0.1, 0.15) is 11.6 Å². The summed E-state index contributed by atoms with van der Waals surface area (Å²) in [7, 11) is 0. The molecule has 2 nitrogen and oxygen atoms in total. The highest BCUT2D eigenvalue weighted by atomic mass is 79.9. The third kappa shape index (κ3) is 2.87. The molecule has 0 amide bonds. The van der Waals surface area contributed by atoms with E-state index in [-0.39, 0.29) is 5.82 Å². The van der Waals surface area contributed by atoms with Gasteiger partial charge in [0, 0.05) is 5.56 Å². The van der Waals surface area contributed by atoms with Gasteiger partial charge in [0.25, 0.3) is 0 Å². The summed E-state index contributed by atoms with van der Waals surface area (Å²) in [6.45, 7) is 3.72. The van der Waals surface area contributed by atoms with Gasteiger partial charge in [-0.1, -0.05) is 6.08 Å². The van der Waals surface area contributed by atoms with Crippen LogP contribution >= 0.6 is 15.9 Å². The highest BCUT2D eigenvalue weighted by Gasteiger charge is 2.16. The average molecular weight is 301 g/mol. The first-order valence-corrected chi connectivity index (χ1v) is 6.40. The molecular formula is C13H14BrFO2. The Kier molecular flexibility index (Phi) is 4.18. The van der Waals surface area contributed by atoms with Crippen LogP contribution in [0.3, 0.4) is 0 Å². The molecule has 0 radical (unpaired) electrons. The number of hydrogen-bond acceptors (Lipinski definition) is 2. The number of ether oxygens (including phenoxy) is 2. The summed E-state index contributed by atoms with van der Waals surface area (Å²) in [4.78, 5) is 0. The quantitative estimate of drug-likeness (QED) is 0.845. The molecule has 0 spiro atoms. The molecule has 4 heteroatoms. The standard InChI is InChI=1S/C13H14BrFO2/c1-2-17-13-11(7-10(15)8-12(13)14)9-3-5-16-6-4-9/h3,7-8H,2,4-6H2,1H3. The van der Waals surface area contributed by atoms with Crippen molar-refractivity contribution in [3.8, 4) is 5.75 Å². The number of rotatable bonds is 3. The fraction of sp³-hybridized carbons (Fsp3) is 0.385. The van der Waals surface area contributed by atoms with Gasteiger partial charge in [0.15, 0.2) is 0 Å². The van der Waals surface area contributed by atoms with Crippen LogP contribution in [0.2, 0.25) is 0 Å². The number of benzene rings is 1. The molecule has 0 aromatic heterocycles. The van der Waals surface area contributed by atoms with Crippen molar-refractivity contribution in [2.45, 2.75) is 13.3 Å². The molecule has 0 saturated heterocycles. The van der Waals surface area contributed by atoms with Gasteiger partial charge in [-0.05, 0) is 47.0 Å². The van der Waals surface area contributed by atoms with Crippen LogP contribution in [-0.4, -0.2) is 19.8 Å². The Hall–Kier alpha value is -0.870. The first-order chi connectivity index (χ1) is 8.22. The van der Waals surface area contributed by atoms with Gasteiger partial charge in [-0.3, -0.25) is 0 Å². The average Bonchev–Trinajstić information content (AvgIpc) is 2.33.